The van der Waals surface area contributed by atoms with Crippen LogP contribution in [0.25, 0.3) is 0 Å². The average Bonchev–Trinajstić information content (AvgIpc) is 2.28. The molecule has 3 N–H and O–H groups in total. The Morgan fingerprint density at radius 1 is 1.44 bits per heavy atom. The van der Waals surface area contributed by atoms with Gasteiger partial charge in [0.2, 0.25) is 5.91 Å². The van der Waals surface area contributed by atoms with Crippen molar-refractivity contribution in [2.75, 3.05) is 27.2 Å². The quantitative estimate of drug-likeness (QED) is 0.816. The van der Waals surface area contributed by atoms with Crippen molar-refractivity contribution in [3.63, 3.8) is 0 Å². The molecule has 4 nitrogen and oxygen atoms in total. The lowest BCUT2D eigenvalue weighted by atomic mass is 9.91. The lowest BCUT2D eigenvalue weighted by Gasteiger charge is -2.29. The first-order valence-corrected chi connectivity index (χ1v) is 6.20. The van der Waals surface area contributed by atoms with Crippen LogP contribution in [0.1, 0.15) is 12.5 Å². The number of nitrogens with two attached hydrogens (primary N) is 1. The molecule has 0 saturated heterocycles. The fourth-order valence-corrected chi connectivity index (χ4v) is 2.04. The number of carbonyl (C=O) groups is 1. The summed E-state index contributed by atoms with van der Waals surface area (Å²) in [5, 5.41) is 3.72. The highest BCUT2D eigenvalue weighted by molar-refractivity contribution is 6.31. The number of carbonyl (C=O) groups excluding carboxylic acids is 1. The maximum Gasteiger partial charge on any atom is 0.242 e. The summed E-state index contributed by atoms with van der Waals surface area (Å²) in [5.74, 6) is -0.436. The van der Waals surface area contributed by atoms with E-state index in [4.69, 9.17) is 17.3 Å². The van der Waals surface area contributed by atoms with Gasteiger partial charge in [-0.15, -0.1) is 0 Å². The highest BCUT2D eigenvalue weighted by Gasteiger charge is 2.34. The number of likely N-dealkylation sites (N-methyl/N-ethyl adjacent to an activating group) is 1. The highest BCUT2D eigenvalue weighted by Crippen LogP contribution is 2.27. The summed E-state index contributed by atoms with van der Waals surface area (Å²) in [7, 11) is 3.94. The molecule has 1 aromatic rings. The van der Waals surface area contributed by atoms with Gasteiger partial charge in [0, 0.05) is 18.1 Å². The Balaban J connectivity index is 2.94. The monoisotopic (exact) mass is 269 g/mol. The largest absolute Gasteiger partial charge is 0.368 e. The van der Waals surface area contributed by atoms with E-state index in [1.165, 1.54) is 0 Å². The van der Waals surface area contributed by atoms with E-state index in [9.17, 15) is 4.79 Å². The molecular formula is C13H20ClN3O. The summed E-state index contributed by atoms with van der Waals surface area (Å²) in [6, 6.07) is 7.24. The van der Waals surface area contributed by atoms with E-state index >= 15 is 0 Å². The number of halogens is 1. The van der Waals surface area contributed by atoms with Crippen molar-refractivity contribution in [2.45, 2.75) is 12.5 Å². The lowest BCUT2D eigenvalue weighted by Crippen LogP contribution is -2.52. The van der Waals surface area contributed by atoms with Crippen LogP contribution in [-0.2, 0) is 10.3 Å². The zero-order valence-corrected chi connectivity index (χ0v) is 11.8. The number of primary amides is 1. The van der Waals surface area contributed by atoms with Crippen molar-refractivity contribution >= 4 is 17.5 Å². The molecule has 5 heteroatoms. The Morgan fingerprint density at radius 3 is 2.56 bits per heavy atom. The minimum Gasteiger partial charge on any atom is -0.368 e. The van der Waals surface area contributed by atoms with Gasteiger partial charge in [-0.25, -0.2) is 0 Å². The highest BCUT2D eigenvalue weighted by atomic mass is 35.5. The molecule has 0 aliphatic rings. The molecule has 0 fully saturated rings. The van der Waals surface area contributed by atoms with Crippen LogP contribution in [0.3, 0.4) is 0 Å². The molecule has 0 saturated carbocycles. The van der Waals surface area contributed by atoms with Gasteiger partial charge in [-0.05, 0) is 32.6 Å². The SMILES string of the molecule is CN(C)CCNC(C)(C(N)=O)c1ccccc1Cl. The second kappa shape index (κ2) is 6.18. The van der Waals surface area contributed by atoms with Gasteiger partial charge < -0.3 is 10.6 Å². The molecule has 0 heterocycles. The topological polar surface area (TPSA) is 58.4 Å². The first kappa shape index (κ1) is 15.0. The Kier molecular flexibility index (Phi) is 5.14. The molecule has 0 radical (unpaired) electrons. The number of rotatable bonds is 6. The van der Waals surface area contributed by atoms with E-state index in [1.807, 2.05) is 37.2 Å². The van der Waals surface area contributed by atoms with Crippen LogP contribution in [-0.4, -0.2) is 38.0 Å². The molecule has 1 atom stereocenters. The van der Waals surface area contributed by atoms with Crippen molar-refractivity contribution in [3.8, 4) is 0 Å². The predicted octanol–water partition coefficient (Wildman–Crippen LogP) is 1.19. The molecule has 0 spiro atoms. The van der Waals surface area contributed by atoms with E-state index < -0.39 is 11.4 Å². The fourth-order valence-electron chi connectivity index (χ4n) is 1.71. The van der Waals surface area contributed by atoms with Crippen molar-refractivity contribution in [2.24, 2.45) is 5.73 Å². The van der Waals surface area contributed by atoms with Gasteiger partial charge in [0.1, 0.15) is 5.54 Å². The number of benzene rings is 1. The Labute approximate surface area is 113 Å². The van der Waals surface area contributed by atoms with Crippen molar-refractivity contribution < 1.29 is 4.79 Å². The van der Waals surface area contributed by atoms with Gasteiger partial charge in [-0.1, -0.05) is 29.8 Å². The van der Waals surface area contributed by atoms with E-state index in [-0.39, 0.29) is 0 Å². The first-order chi connectivity index (χ1) is 8.38. The average molecular weight is 270 g/mol. The lowest BCUT2D eigenvalue weighted by molar-refractivity contribution is -0.124. The summed E-state index contributed by atoms with van der Waals surface area (Å²) in [6.07, 6.45) is 0. The van der Waals surface area contributed by atoms with Gasteiger partial charge >= 0.3 is 0 Å². The molecule has 0 aromatic heterocycles. The van der Waals surface area contributed by atoms with Crippen LogP contribution >= 0.6 is 11.6 Å². The van der Waals surface area contributed by atoms with Gasteiger partial charge in [-0.3, -0.25) is 10.1 Å². The normalized spacial score (nSPS) is 14.5. The summed E-state index contributed by atoms with van der Waals surface area (Å²) in [4.78, 5) is 13.8. The second-order valence-electron chi connectivity index (χ2n) is 4.70. The van der Waals surface area contributed by atoms with Crippen LogP contribution in [0, 0.1) is 0 Å². The fraction of sp³-hybridized carbons (Fsp3) is 0.462. The molecule has 1 unspecified atom stereocenters. The number of amides is 1. The van der Waals surface area contributed by atoms with E-state index in [1.54, 1.807) is 13.0 Å². The maximum atomic E-state index is 11.7. The third-order valence-corrected chi connectivity index (χ3v) is 3.27. The second-order valence-corrected chi connectivity index (χ2v) is 5.11. The molecule has 0 bridgehead atoms. The zero-order valence-electron chi connectivity index (χ0n) is 11.0. The van der Waals surface area contributed by atoms with E-state index in [2.05, 4.69) is 5.32 Å². The van der Waals surface area contributed by atoms with Crippen LogP contribution in [0.4, 0.5) is 0 Å². The standard InChI is InChI=1S/C13H20ClN3O/c1-13(12(15)18,16-8-9-17(2)3)10-6-4-5-7-11(10)14/h4-7,16H,8-9H2,1-3H3,(H2,15,18). The van der Waals surface area contributed by atoms with Crippen LogP contribution in [0.15, 0.2) is 24.3 Å². The molecule has 1 amide bonds. The minimum absolute atomic E-state index is 0.436. The Bertz CT molecular complexity index is 422. The minimum atomic E-state index is -0.950. The van der Waals surface area contributed by atoms with Gasteiger partial charge in [0.05, 0.1) is 0 Å². The van der Waals surface area contributed by atoms with Crippen LogP contribution in [0.2, 0.25) is 5.02 Å². The summed E-state index contributed by atoms with van der Waals surface area (Å²) in [5.41, 5.74) is 5.27. The van der Waals surface area contributed by atoms with E-state index in [0.717, 1.165) is 6.54 Å². The van der Waals surface area contributed by atoms with E-state index in [0.29, 0.717) is 17.1 Å². The molecule has 18 heavy (non-hydrogen) atoms. The number of hydrogen-bond acceptors (Lipinski definition) is 3. The maximum absolute atomic E-state index is 11.7. The van der Waals surface area contributed by atoms with Crippen molar-refractivity contribution in [1.82, 2.24) is 10.2 Å². The predicted molar refractivity (Wildman–Crippen MR) is 74.6 cm³/mol. The molecule has 0 aliphatic carbocycles. The Hall–Kier alpha value is -1.10. The molecular weight excluding hydrogens is 250 g/mol. The number of hydrogen-bond donors (Lipinski definition) is 2. The number of nitrogens with zero attached hydrogens (tertiary/aromatic N) is 1. The van der Waals surface area contributed by atoms with Gasteiger partial charge in [-0.2, -0.15) is 0 Å². The molecule has 100 valence electrons. The smallest absolute Gasteiger partial charge is 0.242 e. The molecule has 0 aliphatic heterocycles. The van der Waals surface area contributed by atoms with Crippen LogP contribution < -0.4 is 11.1 Å². The van der Waals surface area contributed by atoms with Gasteiger partial charge in [0.15, 0.2) is 0 Å². The first-order valence-electron chi connectivity index (χ1n) is 5.82. The third-order valence-electron chi connectivity index (χ3n) is 2.94. The molecule has 1 aromatic carbocycles. The summed E-state index contributed by atoms with van der Waals surface area (Å²) >= 11 is 6.14. The van der Waals surface area contributed by atoms with Gasteiger partial charge in [0.25, 0.3) is 0 Å². The van der Waals surface area contributed by atoms with Crippen LogP contribution in [0.5, 0.6) is 0 Å². The van der Waals surface area contributed by atoms with Crippen molar-refractivity contribution in [1.29, 1.82) is 0 Å². The Morgan fingerprint density at radius 2 is 2.06 bits per heavy atom. The summed E-state index contributed by atoms with van der Waals surface area (Å²) < 4.78 is 0. The zero-order chi connectivity index (χ0) is 13.8. The van der Waals surface area contributed by atoms with Crippen molar-refractivity contribution in [3.05, 3.63) is 34.9 Å². The molecule has 1 rings (SSSR count). The summed E-state index contributed by atoms with van der Waals surface area (Å²) in [6.45, 7) is 3.22. The number of nitrogens with one attached hydrogen (secondary N) is 1. The third kappa shape index (κ3) is 3.45.